The van der Waals surface area contributed by atoms with Crippen molar-refractivity contribution in [2.24, 2.45) is 0 Å². The van der Waals surface area contributed by atoms with Crippen molar-refractivity contribution in [2.75, 3.05) is 0 Å². The van der Waals surface area contributed by atoms with Crippen LogP contribution in [-0.4, -0.2) is 15.8 Å². The maximum atomic E-state index is 12.5. The van der Waals surface area contributed by atoms with Crippen molar-refractivity contribution in [3.63, 3.8) is 0 Å². The third kappa shape index (κ3) is 4.27. The van der Waals surface area contributed by atoms with Crippen molar-refractivity contribution in [2.45, 2.75) is 13.8 Å². The van der Waals surface area contributed by atoms with Crippen molar-refractivity contribution in [3.05, 3.63) is 97.6 Å². The summed E-state index contributed by atoms with van der Waals surface area (Å²) in [5.74, 6) is -0.711. The molecular weight excluding hydrogens is 376 g/mol. The van der Waals surface area contributed by atoms with Crippen LogP contribution in [0.2, 0.25) is 0 Å². The highest BCUT2D eigenvalue weighted by Crippen LogP contribution is 2.29. The zero-order chi connectivity index (χ0) is 21.1. The third-order valence-corrected chi connectivity index (χ3v) is 4.34. The third-order valence-electron chi connectivity index (χ3n) is 4.34. The van der Waals surface area contributed by atoms with Gasteiger partial charge in [-0.15, -0.1) is 0 Å². The standard InChI is InChI=1S/C21H16N2O6/c1-13-4-3-5-15(10-13)16-6-9-20(14(2)11-16)29-21(24)18-8-7-17(22(25)26)12-19(18)23(27)28/h3-12H,1-2H3. The smallest absolute Gasteiger partial charge is 0.350 e. The predicted molar refractivity (Wildman–Crippen MR) is 106 cm³/mol. The van der Waals surface area contributed by atoms with Gasteiger partial charge in [0, 0.05) is 6.07 Å². The van der Waals surface area contributed by atoms with Crippen LogP contribution in [0.3, 0.4) is 0 Å². The Balaban J connectivity index is 1.89. The van der Waals surface area contributed by atoms with Gasteiger partial charge in [0.25, 0.3) is 11.4 Å². The fourth-order valence-electron chi connectivity index (χ4n) is 2.88. The Hall–Kier alpha value is -4.07. The SMILES string of the molecule is Cc1cccc(-c2ccc(OC(=O)c3ccc([N+](=O)[O-])cc3[N+](=O)[O-])c(C)c2)c1. The minimum Gasteiger partial charge on any atom is -0.422 e. The zero-order valence-electron chi connectivity index (χ0n) is 15.6. The minimum atomic E-state index is -0.960. The second kappa shape index (κ2) is 7.89. The van der Waals surface area contributed by atoms with Crippen molar-refractivity contribution in [1.82, 2.24) is 0 Å². The summed E-state index contributed by atoms with van der Waals surface area (Å²) in [7, 11) is 0. The molecule has 0 atom stereocenters. The monoisotopic (exact) mass is 392 g/mol. The highest BCUT2D eigenvalue weighted by atomic mass is 16.6. The normalized spacial score (nSPS) is 10.4. The van der Waals surface area contributed by atoms with Gasteiger partial charge in [-0.2, -0.15) is 0 Å². The number of rotatable bonds is 5. The van der Waals surface area contributed by atoms with Gasteiger partial charge < -0.3 is 4.74 Å². The Morgan fingerprint density at radius 2 is 1.59 bits per heavy atom. The molecular formula is C21H16N2O6. The molecule has 8 heteroatoms. The Morgan fingerprint density at radius 3 is 2.21 bits per heavy atom. The Labute approximate surface area is 165 Å². The highest BCUT2D eigenvalue weighted by Gasteiger charge is 2.25. The van der Waals surface area contributed by atoms with E-state index in [2.05, 4.69) is 0 Å². The number of benzene rings is 3. The number of ether oxygens (including phenoxy) is 1. The van der Waals surface area contributed by atoms with Crippen molar-refractivity contribution in [1.29, 1.82) is 0 Å². The lowest BCUT2D eigenvalue weighted by molar-refractivity contribution is -0.394. The molecule has 3 aromatic carbocycles. The van der Waals surface area contributed by atoms with E-state index in [0.717, 1.165) is 34.9 Å². The van der Waals surface area contributed by atoms with Crippen LogP contribution >= 0.6 is 0 Å². The second-order valence-electron chi connectivity index (χ2n) is 6.45. The average molecular weight is 392 g/mol. The van der Waals surface area contributed by atoms with Crippen LogP contribution in [0.15, 0.2) is 60.7 Å². The van der Waals surface area contributed by atoms with E-state index in [1.54, 1.807) is 19.1 Å². The molecule has 0 aliphatic heterocycles. The average Bonchev–Trinajstić information content (AvgIpc) is 2.68. The number of nitro benzene ring substituents is 2. The number of hydrogen-bond donors (Lipinski definition) is 0. The number of carbonyl (C=O) groups is 1. The summed E-state index contributed by atoms with van der Waals surface area (Å²) in [5.41, 5.74) is 2.21. The van der Waals surface area contributed by atoms with Gasteiger partial charge in [-0.3, -0.25) is 20.2 Å². The lowest BCUT2D eigenvalue weighted by Gasteiger charge is -2.10. The van der Waals surface area contributed by atoms with Crippen molar-refractivity contribution >= 4 is 17.3 Å². The number of non-ortho nitro benzene ring substituents is 1. The molecule has 0 saturated heterocycles. The molecule has 0 amide bonds. The summed E-state index contributed by atoms with van der Waals surface area (Å²) >= 11 is 0. The van der Waals surface area contributed by atoms with Crippen LogP contribution in [0.5, 0.6) is 5.75 Å². The van der Waals surface area contributed by atoms with Crippen LogP contribution in [0.1, 0.15) is 21.5 Å². The van der Waals surface area contributed by atoms with E-state index in [9.17, 15) is 25.0 Å². The van der Waals surface area contributed by atoms with Crippen LogP contribution in [0, 0.1) is 34.1 Å². The molecule has 0 unspecified atom stereocenters. The molecule has 0 heterocycles. The van der Waals surface area contributed by atoms with E-state index in [0.29, 0.717) is 5.56 Å². The maximum absolute atomic E-state index is 12.5. The van der Waals surface area contributed by atoms with Gasteiger partial charge in [0.15, 0.2) is 0 Å². The largest absolute Gasteiger partial charge is 0.422 e. The van der Waals surface area contributed by atoms with Crippen molar-refractivity contribution < 1.29 is 19.4 Å². The highest BCUT2D eigenvalue weighted by molar-refractivity contribution is 5.96. The fraction of sp³-hybridized carbons (Fsp3) is 0.0952. The van der Waals surface area contributed by atoms with Gasteiger partial charge >= 0.3 is 5.97 Å². The van der Waals surface area contributed by atoms with Gasteiger partial charge in [-0.1, -0.05) is 35.9 Å². The summed E-state index contributed by atoms with van der Waals surface area (Å²) < 4.78 is 5.32. The Morgan fingerprint density at radius 1 is 0.862 bits per heavy atom. The molecule has 146 valence electrons. The summed E-state index contributed by atoms with van der Waals surface area (Å²) in [4.78, 5) is 32.9. The Kier molecular flexibility index (Phi) is 5.36. The van der Waals surface area contributed by atoms with Gasteiger partial charge in [-0.25, -0.2) is 4.79 Å². The summed E-state index contributed by atoms with van der Waals surface area (Å²) in [6.45, 7) is 3.75. The molecule has 0 spiro atoms. The van der Waals surface area contributed by atoms with Crippen LogP contribution in [-0.2, 0) is 0 Å². The number of hydrogen-bond acceptors (Lipinski definition) is 6. The van der Waals surface area contributed by atoms with Gasteiger partial charge in [0.1, 0.15) is 11.3 Å². The molecule has 8 nitrogen and oxygen atoms in total. The molecule has 0 radical (unpaired) electrons. The molecule has 0 bridgehead atoms. The summed E-state index contributed by atoms with van der Waals surface area (Å²) in [6, 6.07) is 16.0. The molecule has 3 rings (SSSR count). The molecule has 3 aromatic rings. The number of nitrogens with zero attached hydrogens (tertiary/aromatic N) is 2. The van der Waals surface area contributed by atoms with E-state index in [1.165, 1.54) is 0 Å². The first-order valence-corrected chi connectivity index (χ1v) is 8.59. The van der Waals surface area contributed by atoms with Gasteiger partial charge in [0.05, 0.1) is 15.9 Å². The van der Waals surface area contributed by atoms with E-state index in [1.807, 2.05) is 37.3 Å². The second-order valence-corrected chi connectivity index (χ2v) is 6.45. The predicted octanol–water partition coefficient (Wildman–Crippen LogP) is 5.01. The van der Waals surface area contributed by atoms with Gasteiger partial charge in [-0.05, 0) is 48.7 Å². The summed E-state index contributed by atoms with van der Waals surface area (Å²) in [5, 5.41) is 22.1. The number of aryl methyl sites for hydroxylation is 2. The van der Waals surface area contributed by atoms with E-state index in [-0.39, 0.29) is 11.3 Å². The fourth-order valence-corrected chi connectivity index (χ4v) is 2.88. The lowest BCUT2D eigenvalue weighted by Crippen LogP contribution is -2.12. The summed E-state index contributed by atoms with van der Waals surface area (Å²) in [6.07, 6.45) is 0. The van der Waals surface area contributed by atoms with Crippen LogP contribution < -0.4 is 4.74 Å². The molecule has 0 aliphatic carbocycles. The first kappa shape index (κ1) is 19.7. The lowest BCUT2D eigenvalue weighted by atomic mass is 10.0. The van der Waals surface area contributed by atoms with Crippen molar-refractivity contribution in [3.8, 4) is 16.9 Å². The van der Waals surface area contributed by atoms with E-state index < -0.39 is 27.2 Å². The quantitative estimate of drug-likeness (QED) is 0.261. The molecule has 0 saturated carbocycles. The van der Waals surface area contributed by atoms with Crippen LogP contribution in [0.25, 0.3) is 11.1 Å². The van der Waals surface area contributed by atoms with E-state index in [4.69, 9.17) is 4.74 Å². The first-order chi connectivity index (χ1) is 13.8. The molecule has 29 heavy (non-hydrogen) atoms. The molecule has 0 aromatic heterocycles. The minimum absolute atomic E-state index is 0.249. The zero-order valence-corrected chi connectivity index (χ0v) is 15.6. The van der Waals surface area contributed by atoms with Gasteiger partial charge in [0.2, 0.25) is 0 Å². The number of esters is 1. The number of nitro groups is 2. The topological polar surface area (TPSA) is 113 Å². The van der Waals surface area contributed by atoms with E-state index >= 15 is 0 Å². The molecule has 0 fully saturated rings. The maximum Gasteiger partial charge on any atom is 0.350 e. The van der Waals surface area contributed by atoms with Crippen LogP contribution in [0.4, 0.5) is 11.4 Å². The molecule has 0 aliphatic rings. The first-order valence-electron chi connectivity index (χ1n) is 8.59. The number of carbonyl (C=O) groups excluding carboxylic acids is 1. The molecule has 0 N–H and O–H groups in total. The Bertz CT molecular complexity index is 1140.